The highest BCUT2D eigenvalue weighted by molar-refractivity contribution is 5.66. The molecule has 0 aliphatic heterocycles. The van der Waals surface area contributed by atoms with Crippen LogP contribution in [0.5, 0.6) is 5.75 Å². The first kappa shape index (κ1) is 10.6. The maximum atomic E-state index is 9.25. The molecule has 82 valence electrons. The molecule has 0 fully saturated rings. The molecule has 2 N–H and O–H groups in total. The summed E-state index contributed by atoms with van der Waals surface area (Å²) in [6, 6.07) is 10.7. The molecular formula is C13H13NO2. The Bertz CT molecular complexity index is 492. The molecule has 0 spiro atoms. The Morgan fingerprint density at radius 1 is 1.06 bits per heavy atom. The van der Waals surface area contributed by atoms with Crippen LogP contribution in [0.25, 0.3) is 11.1 Å². The van der Waals surface area contributed by atoms with E-state index in [9.17, 15) is 10.2 Å². The number of hydrogen-bond acceptors (Lipinski definition) is 3. The summed E-state index contributed by atoms with van der Waals surface area (Å²) in [5.41, 5.74) is 3.37. The summed E-state index contributed by atoms with van der Waals surface area (Å²) in [4.78, 5) is 4.28. The number of aliphatic hydroxyl groups is 1. The number of phenols is 1. The minimum absolute atomic E-state index is 0.0854. The van der Waals surface area contributed by atoms with Gasteiger partial charge in [-0.1, -0.05) is 18.2 Å². The smallest absolute Gasteiger partial charge is 0.115 e. The summed E-state index contributed by atoms with van der Waals surface area (Å²) in [5, 5.41) is 18.5. The number of aryl methyl sites for hydroxylation is 1. The molecule has 0 radical (unpaired) electrons. The van der Waals surface area contributed by atoms with Crippen LogP contribution in [-0.2, 0) is 6.61 Å². The van der Waals surface area contributed by atoms with E-state index in [1.54, 1.807) is 24.3 Å². The van der Waals surface area contributed by atoms with Crippen molar-refractivity contribution in [3.8, 4) is 16.9 Å². The number of benzene rings is 1. The van der Waals surface area contributed by atoms with E-state index in [1.165, 1.54) is 0 Å². The third kappa shape index (κ3) is 2.04. The zero-order valence-corrected chi connectivity index (χ0v) is 9.01. The first-order valence-corrected chi connectivity index (χ1v) is 5.07. The predicted molar refractivity (Wildman–Crippen MR) is 62.0 cm³/mol. The Morgan fingerprint density at radius 2 is 1.75 bits per heavy atom. The molecule has 2 rings (SSSR count). The van der Waals surface area contributed by atoms with Gasteiger partial charge in [0.15, 0.2) is 0 Å². The molecule has 1 aromatic heterocycles. The molecule has 0 amide bonds. The number of nitrogens with zero attached hydrogens (tertiary/aromatic N) is 1. The lowest BCUT2D eigenvalue weighted by Gasteiger charge is -2.07. The molecule has 1 aromatic carbocycles. The molecule has 3 nitrogen and oxygen atoms in total. The summed E-state index contributed by atoms with van der Waals surface area (Å²) in [5.74, 6) is 0.231. The van der Waals surface area contributed by atoms with Crippen molar-refractivity contribution in [2.24, 2.45) is 0 Å². The fourth-order valence-corrected chi connectivity index (χ4v) is 1.63. The highest BCUT2D eigenvalue weighted by Gasteiger charge is 2.05. The summed E-state index contributed by atoms with van der Waals surface area (Å²) in [6.07, 6.45) is 0. The van der Waals surface area contributed by atoms with Crippen LogP contribution in [0.15, 0.2) is 36.4 Å². The molecule has 0 unspecified atom stereocenters. The van der Waals surface area contributed by atoms with Gasteiger partial charge in [0.2, 0.25) is 0 Å². The number of hydrogen-bond donors (Lipinski definition) is 2. The fraction of sp³-hybridized carbons (Fsp3) is 0.154. The summed E-state index contributed by atoms with van der Waals surface area (Å²) >= 11 is 0. The number of pyridine rings is 1. The Hall–Kier alpha value is -1.87. The number of rotatable bonds is 2. The van der Waals surface area contributed by atoms with Crippen molar-refractivity contribution in [1.82, 2.24) is 4.98 Å². The van der Waals surface area contributed by atoms with E-state index < -0.39 is 0 Å². The zero-order valence-electron chi connectivity index (χ0n) is 9.01. The van der Waals surface area contributed by atoms with Gasteiger partial charge in [-0.25, -0.2) is 0 Å². The van der Waals surface area contributed by atoms with Crippen molar-refractivity contribution >= 4 is 0 Å². The summed E-state index contributed by atoms with van der Waals surface area (Å²) in [6.45, 7) is 1.80. The fourth-order valence-electron chi connectivity index (χ4n) is 1.63. The molecule has 0 aliphatic carbocycles. The normalized spacial score (nSPS) is 10.4. The largest absolute Gasteiger partial charge is 0.508 e. The van der Waals surface area contributed by atoms with E-state index in [0.717, 1.165) is 16.8 Å². The maximum Gasteiger partial charge on any atom is 0.115 e. The molecule has 0 bridgehead atoms. The van der Waals surface area contributed by atoms with Crippen LogP contribution in [-0.4, -0.2) is 15.2 Å². The van der Waals surface area contributed by atoms with Crippen molar-refractivity contribution in [3.05, 3.63) is 47.8 Å². The van der Waals surface area contributed by atoms with Gasteiger partial charge in [0.1, 0.15) is 5.75 Å². The van der Waals surface area contributed by atoms with Gasteiger partial charge in [-0.2, -0.15) is 0 Å². The molecule has 0 atom stereocenters. The van der Waals surface area contributed by atoms with Gasteiger partial charge in [-0.3, -0.25) is 4.98 Å². The molecule has 16 heavy (non-hydrogen) atoms. The monoisotopic (exact) mass is 215 g/mol. The van der Waals surface area contributed by atoms with E-state index >= 15 is 0 Å². The number of aromatic nitrogens is 1. The van der Waals surface area contributed by atoms with Crippen LogP contribution >= 0.6 is 0 Å². The Labute approximate surface area is 94.0 Å². The van der Waals surface area contributed by atoms with Gasteiger partial charge in [0.25, 0.3) is 0 Å². The van der Waals surface area contributed by atoms with Crippen LogP contribution in [0.3, 0.4) is 0 Å². The average Bonchev–Trinajstić information content (AvgIpc) is 2.30. The second-order valence-corrected chi connectivity index (χ2v) is 3.65. The van der Waals surface area contributed by atoms with E-state index in [2.05, 4.69) is 4.98 Å². The SMILES string of the molecule is Cc1ccc(-c2ccc(O)cc2)c(CO)n1. The molecule has 0 saturated carbocycles. The molecule has 1 heterocycles. The Balaban J connectivity index is 2.51. The van der Waals surface area contributed by atoms with Crippen LogP contribution in [0.1, 0.15) is 11.4 Å². The second-order valence-electron chi connectivity index (χ2n) is 3.65. The first-order chi connectivity index (χ1) is 7.70. The molecular weight excluding hydrogens is 202 g/mol. The number of aliphatic hydroxyl groups excluding tert-OH is 1. The maximum absolute atomic E-state index is 9.25. The average molecular weight is 215 g/mol. The van der Waals surface area contributed by atoms with Crippen molar-refractivity contribution in [3.63, 3.8) is 0 Å². The zero-order chi connectivity index (χ0) is 11.5. The van der Waals surface area contributed by atoms with Crippen LogP contribution in [0.2, 0.25) is 0 Å². The summed E-state index contributed by atoms with van der Waals surface area (Å²) < 4.78 is 0. The Morgan fingerprint density at radius 3 is 2.38 bits per heavy atom. The minimum atomic E-state index is -0.0854. The third-order valence-corrected chi connectivity index (χ3v) is 2.44. The van der Waals surface area contributed by atoms with Gasteiger partial charge in [0, 0.05) is 11.3 Å². The molecule has 0 aliphatic rings. The molecule has 3 heteroatoms. The van der Waals surface area contributed by atoms with Crippen molar-refractivity contribution < 1.29 is 10.2 Å². The summed E-state index contributed by atoms with van der Waals surface area (Å²) in [7, 11) is 0. The van der Waals surface area contributed by atoms with Crippen molar-refractivity contribution in [2.45, 2.75) is 13.5 Å². The van der Waals surface area contributed by atoms with Gasteiger partial charge in [-0.15, -0.1) is 0 Å². The quantitative estimate of drug-likeness (QED) is 0.807. The number of phenolic OH excluding ortho intramolecular Hbond substituents is 1. The highest BCUT2D eigenvalue weighted by Crippen LogP contribution is 2.24. The van der Waals surface area contributed by atoms with Gasteiger partial charge in [0.05, 0.1) is 12.3 Å². The van der Waals surface area contributed by atoms with E-state index in [4.69, 9.17) is 0 Å². The highest BCUT2D eigenvalue weighted by atomic mass is 16.3. The lowest BCUT2D eigenvalue weighted by Crippen LogP contribution is -1.95. The third-order valence-electron chi connectivity index (χ3n) is 2.44. The lowest BCUT2D eigenvalue weighted by atomic mass is 10.0. The van der Waals surface area contributed by atoms with E-state index in [1.807, 2.05) is 19.1 Å². The van der Waals surface area contributed by atoms with Gasteiger partial charge in [-0.05, 0) is 30.7 Å². The predicted octanol–water partition coefficient (Wildman–Crippen LogP) is 2.25. The lowest BCUT2D eigenvalue weighted by molar-refractivity contribution is 0.277. The molecule has 0 saturated heterocycles. The van der Waals surface area contributed by atoms with Gasteiger partial charge < -0.3 is 10.2 Å². The van der Waals surface area contributed by atoms with Crippen LogP contribution in [0.4, 0.5) is 0 Å². The van der Waals surface area contributed by atoms with Crippen LogP contribution in [0, 0.1) is 6.92 Å². The molecule has 2 aromatic rings. The second kappa shape index (κ2) is 4.33. The van der Waals surface area contributed by atoms with Gasteiger partial charge >= 0.3 is 0 Å². The van der Waals surface area contributed by atoms with Crippen molar-refractivity contribution in [2.75, 3.05) is 0 Å². The van der Waals surface area contributed by atoms with E-state index in [0.29, 0.717) is 5.69 Å². The number of aromatic hydroxyl groups is 1. The first-order valence-electron chi connectivity index (χ1n) is 5.07. The van der Waals surface area contributed by atoms with E-state index in [-0.39, 0.29) is 12.4 Å². The topological polar surface area (TPSA) is 53.4 Å². The standard InChI is InChI=1S/C13H13NO2/c1-9-2-7-12(13(8-15)14-9)10-3-5-11(16)6-4-10/h2-7,15-16H,8H2,1H3. The van der Waals surface area contributed by atoms with Crippen molar-refractivity contribution in [1.29, 1.82) is 0 Å². The Kier molecular flexibility index (Phi) is 2.88. The minimum Gasteiger partial charge on any atom is -0.508 e. The van der Waals surface area contributed by atoms with Crippen LogP contribution < -0.4 is 0 Å².